The fourth-order valence-electron chi connectivity index (χ4n) is 1.72. The van der Waals surface area contributed by atoms with Gasteiger partial charge < -0.3 is 15.1 Å². The molecule has 17 heavy (non-hydrogen) atoms. The summed E-state index contributed by atoms with van der Waals surface area (Å²) in [6.07, 6.45) is -1.09. The molecule has 1 unspecified atom stereocenters. The summed E-state index contributed by atoms with van der Waals surface area (Å²) >= 11 is 5.79. The van der Waals surface area contributed by atoms with Crippen molar-refractivity contribution in [1.82, 2.24) is 0 Å². The third-order valence-electron chi connectivity index (χ3n) is 2.54. The van der Waals surface area contributed by atoms with E-state index in [4.69, 9.17) is 16.7 Å². The number of β-amino-alcohol motifs (C(OH)–C–C–N with tert-alkyl or cyclic N) is 1. The molecule has 0 radical (unpaired) electrons. The van der Waals surface area contributed by atoms with Crippen LogP contribution in [-0.2, 0) is 4.79 Å². The van der Waals surface area contributed by atoms with Gasteiger partial charge in [0.15, 0.2) is 0 Å². The van der Waals surface area contributed by atoms with E-state index in [2.05, 4.69) is 0 Å². The molecule has 2 rings (SSSR count). The van der Waals surface area contributed by atoms with Crippen LogP contribution >= 0.6 is 11.6 Å². The lowest BCUT2D eigenvalue weighted by Crippen LogP contribution is -2.38. The van der Waals surface area contributed by atoms with Crippen LogP contribution in [0.3, 0.4) is 0 Å². The van der Waals surface area contributed by atoms with Crippen LogP contribution in [0.1, 0.15) is 10.4 Å². The minimum Gasteiger partial charge on any atom is -0.394 e. The second-order valence-corrected chi connectivity index (χ2v) is 4.18. The fourth-order valence-corrected chi connectivity index (χ4v) is 1.88. The zero-order chi connectivity index (χ0) is 12.6. The quantitative estimate of drug-likeness (QED) is 0.758. The van der Waals surface area contributed by atoms with Crippen LogP contribution in [0.15, 0.2) is 18.2 Å². The zero-order valence-corrected chi connectivity index (χ0v) is 9.52. The number of carbonyl (C=O) groups is 2. The van der Waals surface area contributed by atoms with Gasteiger partial charge in [-0.2, -0.15) is 0 Å². The molecule has 0 aromatic heterocycles. The van der Waals surface area contributed by atoms with Crippen molar-refractivity contribution in [2.24, 2.45) is 0 Å². The van der Waals surface area contributed by atoms with Crippen LogP contribution in [-0.4, -0.2) is 41.2 Å². The highest BCUT2D eigenvalue weighted by Crippen LogP contribution is 2.31. The number of benzene rings is 1. The number of rotatable bonds is 3. The van der Waals surface area contributed by atoms with E-state index in [1.807, 2.05) is 0 Å². The van der Waals surface area contributed by atoms with Crippen LogP contribution < -0.4 is 4.90 Å². The molecule has 90 valence electrons. The van der Waals surface area contributed by atoms with E-state index in [0.717, 1.165) is 4.90 Å². The van der Waals surface area contributed by atoms with Crippen molar-refractivity contribution < 1.29 is 19.8 Å². The van der Waals surface area contributed by atoms with Crippen LogP contribution in [0.2, 0.25) is 5.02 Å². The standard InChI is InChI=1S/C11H10ClNO4/c12-6-1-2-8-9(3-6)13(4-7(15)5-14)11(17)10(8)16/h1-3,7,14-15H,4-5H2. The first kappa shape index (κ1) is 12.0. The number of Topliss-reactive ketones (excluding diaryl/α,β-unsaturated/α-hetero) is 1. The topological polar surface area (TPSA) is 77.8 Å². The van der Waals surface area contributed by atoms with Crippen molar-refractivity contribution in [3.8, 4) is 0 Å². The van der Waals surface area contributed by atoms with Gasteiger partial charge in [0.25, 0.3) is 11.7 Å². The lowest BCUT2D eigenvalue weighted by Gasteiger charge is -2.19. The highest BCUT2D eigenvalue weighted by molar-refractivity contribution is 6.52. The number of aliphatic hydroxyl groups is 2. The number of aliphatic hydroxyl groups excluding tert-OH is 2. The van der Waals surface area contributed by atoms with Gasteiger partial charge in [0.05, 0.1) is 30.5 Å². The largest absolute Gasteiger partial charge is 0.394 e. The van der Waals surface area contributed by atoms with Crippen LogP contribution in [0.25, 0.3) is 0 Å². The highest BCUT2D eigenvalue weighted by Gasteiger charge is 2.36. The van der Waals surface area contributed by atoms with Gasteiger partial charge in [-0.05, 0) is 18.2 Å². The van der Waals surface area contributed by atoms with E-state index >= 15 is 0 Å². The summed E-state index contributed by atoms with van der Waals surface area (Å²) in [6, 6.07) is 4.49. The number of halogens is 1. The lowest BCUT2D eigenvalue weighted by atomic mass is 10.1. The second-order valence-electron chi connectivity index (χ2n) is 3.74. The van der Waals surface area contributed by atoms with Crippen molar-refractivity contribution in [3.05, 3.63) is 28.8 Å². The van der Waals surface area contributed by atoms with E-state index in [-0.39, 0.29) is 12.1 Å². The molecule has 1 aromatic rings. The first-order chi connectivity index (χ1) is 8.04. The van der Waals surface area contributed by atoms with Crippen molar-refractivity contribution >= 4 is 29.0 Å². The summed E-state index contributed by atoms with van der Waals surface area (Å²) in [4.78, 5) is 24.4. The minimum atomic E-state index is -1.09. The summed E-state index contributed by atoms with van der Waals surface area (Å²) in [5.41, 5.74) is 0.643. The van der Waals surface area contributed by atoms with Crippen molar-refractivity contribution in [2.45, 2.75) is 6.10 Å². The molecule has 5 nitrogen and oxygen atoms in total. The Balaban J connectivity index is 2.39. The first-order valence-electron chi connectivity index (χ1n) is 4.99. The lowest BCUT2D eigenvalue weighted by molar-refractivity contribution is -0.114. The Labute approximate surface area is 102 Å². The fraction of sp³-hybridized carbons (Fsp3) is 0.273. The van der Waals surface area contributed by atoms with Gasteiger partial charge in [0.2, 0.25) is 0 Å². The van der Waals surface area contributed by atoms with E-state index in [1.165, 1.54) is 18.2 Å². The van der Waals surface area contributed by atoms with E-state index < -0.39 is 24.4 Å². The maximum atomic E-state index is 11.7. The van der Waals surface area contributed by atoms with Crippen molar-refractivity contribution in [1.29, 1.82) is 0 Å². The van der Waals surface area contributed by atoms with Crippen molar-refractivity contribution in [2.75, 3.05) is 18.1 Å². The average Bonchev–Trinajstić information content (AvgIpc) is 2.54. The van der Waals surface area contributed by atoms with Crippen LogP contribution in [0, 0.1) is 0 Å². The predicted molar refractivity (Wildman–Crippen MR) is 61.2 cm³/mol. The molecule has 0 fully saturated rings. The van der Waals surface area contributed by atoms with E-state index in [0.29, 0.717) is 10.7 Å². The Kier molecular flexibility index (Phi) is 3.15. The Morgan fingerprint density at radius 3 is 2.71 bits per heavy atom. The van der Waals surface area contributed by atoms with Gasteiger partial charge in [-0.1, -0.05) is 11.6 Å². The summed E-state index contributed by atoms with van der Waals surface area (Å²) in [5, 5.41) is 18.5. The summed E-state index contributed by atoms with van der Waals surface area (Å²) < 4.78 is 0. The Bertz CT molecular complexity index is 488. The highest BCUT2D eigenvalue weighted by atomic mass is 35.5. The molecule has 1 aliphatic rings. The number of fused-ring (bicyclic) bond motifs is 1. The number of anilines is 1. The Morgan fingerprint density at radius 2 is 2.06 bits per heavy atom. The molecule has 1 aliphatic heterocycles. The molecule has 1 amide bonds. The molecule has 1 atom stereocenters. The van der Waals surface area contributed by atoms with Gasteiger partial charge in [-0.15, -0.1) is 0 Å². The average molecular weight is 256 g/mol. The van der Waals surface area contributed by atoms with Gasteiger partial charge >= 0.3 is 0 Å². The molecule has 0 aliphatic carbocycles. The van der Waals surface area contributed by atoms with Gasteiger partial charge in [0.1, 0.15) is 0 Å². The molecular weight excluding hydrogens is 246 g/mol. The Morgan fingerprint density at radius 1 is 1.35 bits per heavy atom. The maximum absolute atomic E-state index is 11.7. The van der Waals surface area contributed by atoms with Crippen LogP contribution in [0.5, 0.6) is 0 Å². The van der Waals surface area contributed by atoms with E-state index in [1.54, 1.807) is 0 Å². The van der Waals surface area contributed by atoms with Gasteiger partial charge in [-0.3, -0.25) is 9.59 Å². The summed E-state index contributed by atoms with van der Waals surface area (Å²) in [6.45, 7) is -0.609. The monoisotopic (exact) mass is 255 g/mol. The maximum Gasteiger partial charge on any atom is 0.299 e. The first-order valence-corrected chi connectivity index (χ1v) is 5.37. The smallest absolute Gasteiger partial charge is 0.299 e. The normalized spacial score (nSPS) is 16.3. The predicted octanol–water partition coefficient (Wildman–Crippen LogP) is 0.222. The van der Waals surface area contributed by atoms with Crippen LogP contribution in [0.4, 0.5) is 5.69 Å². The van der Waals surface area contributed by atoms with E-state index in [9.17, 15) is 14.7 Å². The molecule has 0 spiro atoms. The molecule has 2 N–H and O–H groups in total. The number of hydrogen-bond acceptors (Lipinski definition) is 4. The molecular formula is C11H10ClNO4. The van der Waals surface area contributed by atoms with Gasteiger partial charge in [-0.25, -0.2) is 0 Å². The Hall–Kier alpha value is -1.43. The summed E-state index contributed by atoms with van der Waals surface area (Å²) in [5.74, 6) is -1.34. The molecule has 1 heterocycles. The number of hydrogen-bond donors (Lipinski definition) is 2. The molecule has 0 bridgehead atoms. The molecule has 0 saturated carbocycles. The second kappa shape index (κ2) is 4.44. The number of ketones is 1. The number of nitrogens with zero attached hydrogens (tertiary/aromatic N) is 1. The minimum absolute atomic E-state index is 0.131. The molecule has 6 heteroatoms. The SMILES string of the molecule is O=C1C(=O)N(CC(O)CO)c2cc(Cl)ccc21. The number of amides is 1. The zero-order valence-electron chi connectivity index (χ0n) is 8.76. The molecule has 0 saturated heterocycles. The third-order valence-corrected chi connectivity index (χ3v) is 2.77. The van der Waals surface area contributed by atoms with Gasteiger partial charge in [0, 0.05) is 5.02 Å². The summed E-state index contributed by atoms with van der Waals surface area (Å²) in [7, 11) is 0. The molecule has 1 aromatic carbocycles. The van der Waals surface area contributed by atoms with Crippen molar-refractivity contribution in [3.63, 3.8) is 0 Å². The third kappa shape index (κ3) is 2.04. The number of carbonyl (C=O) groups excluding carboxylic acids is 2.